The van der Waals surface area contributed by atoms with Crippen molar-refractivity contribution in [3.8, 4) is 0 Å². The van der Waals surface area contributed by atoms with Crippen molar-refractivity contribution >= 4 is 31.8 Å². The molecule has 1 aromatic rings. The number of fused-ring (bicyclic) bond motifs is 5. The van der Waals surface area contributed by atoms with Gasteiger partial charge in [0.2, 0.25) is 0 Å². The smallest absolute Gasteiger partial charge is 0.338 e. The summed E-state index contributed by atoms with van der Waals surface area (Å²) in [6, 6.07) is 10.6. The van der Waals surface area contributed by atoms with Gasteiger partial charge in [0.15, 0.2) is 13.9 Å². The summed E-state index contributed by atoms with van der Waals surface area (Å²) in [5.41, 5.74) is -6.01. The number of esters is 2. The lowest BCUT2D eigenvalue weighted by atomic mass is 9.44. The molecule has 3 aliphatic carbocycles. The molecule has 1 saturated heterocycles. The van der Waals surface area contributed by atoms with Gasteiger partial charge in [-0.25, -0.2) is 4.79 Å². The summed E-state index contributed by atoms with van der Waals surface area (Å²) >= 11 is 0. The second-order valence-corrected chi connectivity index (χ2v) is 19.2. The van der Waals surface area contributed by atoms with Gasteiger partial charge in [-0.1, -0.05) is 58.0 Å². The molecule has 4 aliphatic rings. The number of nitrogens with zero attached hydrogens (tertiary/aromatic N) is 1. The molecular weight excluding hydrogens is 622 g/mol. The number of carbonyl (C=O) groups is 3. The Labute approximate surface area is 277 Å². The van der Waals surface area contributed by atoms with Crippen LogP contribution in [0, 0.1) is 16.7 Å². The van der Waals surface area contributed by atoms with Crippen LogP contribution in [0.2, 0.25) is 18.1 Å². The van der Waals surface area contributed by atoms with Gasteiger partial charge in [0.1, 0.15) is 35.4 Å². The Bertz CT molecular complexity index is 1480. The molecule has 0 aromatic heterocycles. The molecule has 5 rings (SSSR count). The van der Waals surface area contributed by atoms with Crippen LogP contribution in [0.4, 0.5) is 0 Å². The van der Waals surface area contributed by atoms with Crippen molar-refractivity contribution in [3.05, 3.63) is 47.0 Å². The maximum atomic E-state index is 15.1. The summed E-state index contributed by atoms with van der Waals surface area (Å²) < 4.78 is 25.8. The van der Waals surface area contributed by atoms with Crippen molar-refractivity contribution in [2.45, 2.75) is 122 Å². The van der Waals surface area contributed by atoms with E-state index in [1.165, 1.54) is 6.92 Å². The van der Waals surface area contributed by atoms with Crippen molar-refractivity contribution in [3.63, 3.8) is 0 Å². The van der Waals surface area contributed by atoms with Gasteiger partial charge < -0.3 is 34.1 Å². The molecule has 8 atom stereocenters. The number of hydrogen-bond acceptors (Lipinski definition) is 11. The number of rotatable bonds is 8. The van der Waals surface area contributed by atoms with Crippen molar-refractivity contribution < 1.29 is 48.4 Å². The van der Waals surface area contributed by atoms with E-state index in [-0.39, 0.29) is 36.5 Å². The van der Waals surface area contributed by atoms with Crippen LogP contribution in [0.1, 0.15) is 78.6 Å². The number of ether oxygens (including phenoxy) is 3. The van der Waals surface area contributed by atoms with Crippen LogP contribution in [0.3, 0.4) is 0 Å². The van der Waals surface area contributed by atoms with E-state index in [1.807, 2.05) is 0 Å². The summed E-state index contributed by atoms with van der Waals surface area (Å²) in [5, 5.41) is 38.7. The molecule has 1 aromatic carbocycles. The topological polar surface area (TPSA) is 161 Å². The van der Waals surface area contributed by atoms with Gasteiger partial charge in [-0.15, -0.1) is 0 Å². The molecule has 2 saturated carbocycles. The van der Waals surface area contributed by atoms with Gasteiger partial charge in [0.25, 0.3) is 0 Å². The first-order valence-corrected chi connectivity index (χ1v) is 19.2. The number of Topliss-reactive ketones (excluding diaryl/α,β-unsaturated/α-hetero) is 1. The lowest BCUT2D eigenvalue weighted by molar-refractivity contribution is -0.345. The van der Waals surface area contributed by atoms with Crippen LogP contribution in [-0.4, -0.2) is 89.4 Å². The fraction of sp³-hybridized carbons (Fsp3) is 0.657. The molecule has 0 amide bonds. The molecule has 0 spiro atoms. The molecule has 0 unspecified atom stereocenters. The molecule has 3 N–H and O–H groups in total. The van der Waals surface area contributed by atoms with Crippen LogP contribution in [0.15, 0.2) is 46.6 Å². The van der Waals surface area contributed by atoms with E-state index in [0.29, 0.717) is 11.1 Å². The maximum Gasteiger partial charge on any atom is 0.338 e. The SMILES string of the molecule is CC[Si](CC)(CC)O[C@H]1C[C@H]2OC[C@@]2(OC(C)=O)[C@H]2[C@H](OC(=O)c3ccccc3)[C@]3(O)[C@@H](O)/C(=N\O)C(C)=C(CC(=O)[C@]12C)C3(C)C. The van der Waals surface area contributed by atoms with Gasteiger partial charge in [0, 0.05) is 25.2 Å². The first-order valence-electron chi connectivity index (χ1n) is 16.7. The van der Waals surface area contributed by atoms with E-state index in [0.717, 1.165) is 18.1 Å². The van der Waals surface area contributed by atoms with E-state index in [4.69, 9.17) is 18.6 Å². The summed E-state index contributed by atoms with van der Waals surface area (Å²) in [6.45, 7) is 14.2. The minimum Gasteiger partial charge on any atom is -0.455 e. The predicted octanol–water partition coefficient (Wildman–Crippen LogP) is 4.58. The molecule has 2 bridgehead atoms. The number of ketones is 1. The van der Waals surface area contributed by atoms with E-state index in [2.05, 4.69) is 25.9 Å². The van der Waals surface area contributed by atoms with Crippen LogP contribution >= 0.6 is 0 Å². The van der Waals surface area contributed by atoms with E-state index < -0.39 is 72.6 Å². The Morgan fingerprint density at radius 1 is 1.09 bits per heavy atom. The Balaban J connectivity index is 1.86. The van der Waals surface area contributed by atoms with Crippen molar-refractivity contribution in [1.82, 2.24) is 0 Å². The first-order chi connectivity index (χ1) is 22.0. The van der Waals surface area contributed by atoms with Crippen LogP contribution in [-0.2, 0) is 28.2 Å². The highest BCUT2D eigenvalue weighted by Gasteiger charge is 2.78. The quantitative estimate of drug-likeness (QED) is 0.154. The minimum absolute atomic E-state index is 0.121. The predicted molar refractivity (Wildman–Crippen MR) is 174 cm³/mol. The summed E-state index contributed by atoms with van der Waals surface area (Å²) in [4.78, 5) is 42.0. The zero-order chi connectivity index (χ0) is 34.7. The zero-order valence-electron chi connectivity index (χ0n) is 28.7. The van der Waals surface area contributed by atoms with Crippen LogP contribution in [0.25, 0.3) is 0 Å². The van der Waals surface area contributed by atoms with E-state index in [9.17, 15) is 25.0 Å². The number of benzene rings is 1. The molecule has 11 nitrogen and oxygen atoms in total. The Morgan fingerprint density at radius 3 is 2.21 bits per heavy atom. The van der Waals surface area contributed by atoms with Gasteiger partial charge in [-0.3, -0.25) is 9.59 Å². The number of carbonyl (C=O) groups excluding carboxylic acids is 3. The maximum absolute atomic E-state index is 15.1. The average molecular weight is 672 g/mol. The van der Waals surface area contributed by atoms with Gasteiger partial charge in [0.05, 0.1) is 29.6 Å². The molecule has 47 heavy (non-hydrogen) atoms. The van der Waals surface area contributed by atoms with Crippen molar-refractivity contribution in [2.24, 2.45) is 21.9 Å². The lowest BCUT2D eigenvalue weighted by Crippen LogP contribution is -2.82. The number of aliphatic hydroxyl groups excluding tert-OH is 1. The molecular formula is C35H49NO10Si. The monoisotopic (exact) mass is 671 g/mol. The van der Waals surface area contributed by atoms with Gasteiger partial charge in [-0.05, 0) is 55.3 Å². The third-order valence-corrected chi connectivity index (χ3v) is 16.9. The Morgan fingerprint density at radius 2 is 1.70 bits per heavy atom. The molecule has 258 valence electrons. The molecule has 12 heteroatoms. The van der Waals surface area contributed by atoms with Gasteiger partial charge in [-0.2, -0.15) is 0 Å². The molecule has 1 heterocycles. The van der Waals surface area contributed by atoms with E-state index in [1.54, 1.807) is 58.0 Å². The number of oxime groups is 1. The minimum atomic E-state index is -2.40. The molecule has 1 aliphatic heterocycles. The molecule has 3 fully saturated rings. The fourth-order valence-corrected chi connectivity index (χ4v) is 12.0. The van der Waals surface area contributed by atoms with Crippen molar-refractivity contribution in [2.75, 3.05) is 6.61 Å². The highest BCUT2D eigenvalue weighted by Crippen LogP contribution is 2.64. The van der Waals surface area contributed by atoms with Crippen LogP contribution < -0.4 is 0 Å². The number of hydrogen-bond donors (Lipinski definition) is 3. The van der Waals surface area contributed by atoms with Gasteiger partial charge >= 0.3 is 11.9 Å². The summed E-state index contributed by atoms with van der Waals surface area (Å²) in [6.07, 6.45) is -4.94. The number of aliphatic hydroxyl groups is 2. The highest BCUT2D eigenvalue weighted by atomic mass is 28.4. The largest absolute Gasteiger partial charge is 0.455 e. The third-order valence-electron chi connectivity index (χ3n) is 12.3. The third kappa shape index (κ3) is 4.96. The van der Waals surface area contributed by atoms with Crippen molar-refractivity contribution in [1.29, 1.82) is 0 Å². The summed E-state index contributed by atoms with van der Waals surface area (Å²) in [7, 11) is -2.40. The zero-order valence-corrected chi connectivity index (χ0v) is 29.7. The lowest BCUT2D eigenvalue weighted by Gasteiger charge is -2.68. The summed E-state index contributed by atoms with van der Waals surface area (Å²) in [5.74, 6) is -2.93. The second kappa shape index (κ2) is 12.2. The standard InChI is InChI=1S/C35H49NO10Si/c1-9-47(10-2,11-3)46-25-18-26-34(19-43-26,45-21(5)37)28-30(44-31(40)22-15-13-12-14-16-22)35(41)29(39)27(36-42)20(4)23(32(35,6)7)17-24(38)33(25,28)8/h12-16,25-26,28-30,39,41-42H,9-11,17-19H2,1-8H3/b36-27-/t25-,26+,28-,29-,30-,33+,34-,35+/m0/s1. The second-order valence-electron chi connectivity index (χ2n) is 14.4. The van der Waals surface area contributed by atoms with Crippen LogP contribution in [0.5, 0.6) is 0 Å². The van der Waals surface area contributed by atoms with E-state index >= 15 is 4.79 Å². The Kier molecular flexibility index (Phi) is 9.20. The highest BCUT2D eigenvalue weighted by molar-refractivity contribution is 6.73. The fourth-order valence-electron chi connectivity index (χ4n) is 9.03. The molecule has 0 radical (unpaired) electrons. The Hall–Kier alpha value is -2.90. The average Bonchev–Trinajstić information content (AvgIpc) is 3.04. The first kappa shape index (κ1) is 35.4. The normalized spacial score (nSPS) is 37.2.